The van der Waals surface area contributed by atoms with Crippen molar-refractivity contribution in [3.05, 3.63) is 18.2 Å². The van der Waals surface area contributed by atoms with Gasteiger partial charge >= 0.3 is 0 Å². The standard InChI is InChI=1S/C10H11N3O5S/c1-16-7-4-3-6(5-8(7)17-2)19(14,15)10-9(11)12-18-13-10/h3-5H,1-2H3,(H2,11,12). The Morgan fingerprint density at radius 3 is 2.37 bits per heavy atom. The summed E-state index contributed by atoms with van der Waals surface area (Å²) in [4.78, 5) is -0.0486. The molecule has 0 aliphatic heterocycles. The molecular formula is C10H11N3O5S. The molecule has 2 aromatic rings. The molecule has 2 rings (SSSR count). The molecule has 0 bridgehead atoms. The molecule has 0 radical (unpaired) electrons. The summed E-state index contributed by atoms with van der Waals surface area (Å²) in [5.74, 6) is 0.390. The van der Waals surface area contributed by atoms with Gasteiger partial charge in [0.2, 0.25) is 20.7 Å². The summed E-state index contributed by atoms with van der Waals surface area (Å²) in [6.45, 7) is 0. The number of hydrogen-bond donors (Lipinski definition) is 1. The number of nitrogen functional groups attached to an aromatic ring is 1. The largest absolute Gasteiger partial charge is 0.493 e. The Balaban J connectivity index is 2.56. The predicted octanol–water partition coefficient (Wildman–Crippen LogP) is 0.502. The van der Waals surface area contributed by atoms with E-state index in [9.17, 15) is 8.42 Å². The van der Waals surface area contributed by atoms with E-state index >= 15 is 0 Å². The molecule has 1 heterocycles. The number of methoxy groups -OCH3 is 2. The van der Waals surface area contributed by atoms with Crippen LogP contribution in [0.4, 0.5) is 5.82 Å². The highest BCUT2D eigenvalue weighted by molar-refractivity contribution is 7.91. The van der Waals surface area contributed by atoms with Crippen LogP contribution in [0.5, 0.6) is 11.5 Å². The number of sulfone groups is 1. The average molecular weight is 285 g/mol. The number of anilines is 1. The molecule has 0 saturated heterocycles. The van der Waals surface area contributed by atoms with Crippen molar-refractivity contribution in [2.75, 3.05) is 20.0 Å². The van der Waals surface area contributed by atoms with Gasteiger partial charge in [-0.2, -0.15) is 0 Å². The summed E-state index contributed by atoms with van der Waals surface area (Å²) < 4.78 is 38.9. The minimum Gasteiger partial charge on any atom is -0.493 e. The fourth-order valence-corrected chi connectivity index (χ4v) is 2.65. The maximum atomic E-state index is 12.2. The normalized spacial score (nSPS) is 11.3. The quantitative estimate of drug-likeness (QED) is 0.862. The number of nitrogens with two attached hydrogens (primary N) is 1. The Kier molecular flexibility index (Phi) is 3.30. The lowest BCUT2D eigenvalue weighted by molar-refractivity contribution is 0.298. The van der Waals surface area contributed by atoms with Crippen molar-refractivity contribution < 1.29 is 22.5 Å². The monoisotopic (exact) mass is 285 g/mol. The molecular weight excluding hydrogens is 274 g/mol. The Bertz CT molecular complexity index is 695. The van der Waals surface area contributed by atoms with Crippen molar-refractivity contribution in [1.82, 2.24) is 10.3 Å². The Morgan fingerprint density at radius 1 is 1.16 bits per heavy atom. The molecule has 0 amide bonds. The van der Waals surface area contributed by atoms with Crippen molar-refractivity contribution in [1.29, 1.82) is 0 Å². The number of rotatable bonds is 4. The second-order valence-electron chi connectivity index (χ2n) is 3.47. The lowest BCUT2D eigenvalue weighted by atomic mass is 10.3. The molecule has 9 heteroatoms. The molecule has 102 valence electrons. The summed E-state index contributed by atoms with van der Waals surface area (Å²) in [5.41, 5.74) is 5.39. The fourth-order valence-electron chi connectivity index (χ4n) is 1.47. The van der Waals surface area contributed by atoms with Gasteiger partial charge in [0.15, 0.2) is 11.5 Å². The average Bonchev–Trinajstić information content (AvgIpc) is 2.84. The maximum absolute atomic E-state index is 12.2. The molecule has 1 aromatic heterocycles. The van der Waals surface area contributed by atoms with Gasteiger partial charge in [-0.15, -0.1) is 0 Å². The molecule has 8 nitrogen and oxygen atoms in total. The molecule has 0 fully saturated rings. The Hall–Kier alpha value is -2.29. The van der Waals surface area contributed by atoms with Crippen LogP contribution in [0.25, 0.3) is 0 Å². The van der Waals surface area contributed by atoms with Gasteiger partial charge in [0.1, 0.15) is 0 Å². The van der Waals surface area contributed by atoms with Gasteiger partial charge in [0.05, 0.1) is 19.1 Å². The second-order valence-corrected chi connectivity index (χ2v) is 5.34. The van der Waals surface area contributed by atoms with E-state index < -0.39 is 14.9 Å². The van der Waals surface area contributed by atoms with Crippen LogP contribution in [0.3, 0.4) is 0 Å². The summed E-state index contributed by atoms with van der Waals surface area (Å²) in [6, 6.07) is 4.13. The smallest absolute Gasteiger partial charge is 0.247 e. The van der Waals surface area contributed by atoms with E-state index in [0.29, 0.717) is 5.75 Å². The zero-order valence-electron chi connectivity index (χ0n) is 10.2. The molecule has 2 N–H and O–H groups in total. The van der Waals surface area contributed by atoms with E-state index in [2.05, 4.69) is 14.9 Å². The summed E-state index contributed by atoms with van der Waals surface area (Å²) in [7, 11) is -1.06. The number of nitrogens with zero attached hydrogens (tertiary/aromatic N) is 2. The Morgan fingerprint density at radius 2 is 1.84 bits per heavy atom. The lowest BCUT2D eigenvalue weighted by Gasteiger charge is -2.09. The van der Waals surface area contributed by atoms with Gasteiger partial charge in [-0.25, -0.2) is 13.0 Å². The third-order valence-corrected chi connectivity index (χ3v) is 4.07. The fraction of sp³-hybridized carbons (Fsp3) is 0.200. The van der Waals surface area contributed by atoms with Gasteiger partial charge in [-0.05, 0) is 22.4 Å². The van der Waals surface area contributed by atoms with Crippen molar-refractivity contribution in [2.45, 2.75) is 9.92 Å². The molecule has 0 unspecified atom stereocenters. The molecule has 0 aliphatic carbocycles. The minimum atomic E-state index is -3.91. The van der Waals surface area contributed by atoms with E-state index in [1.807, 2.05) is 0 Å². The SMILES string of the molecule is COc1ccc(S(=O)(=O)c2nonc2N)cc1OC. The first-order valence-corrected chi connectivity index (χ1v) is 6.54. The van der Waals surface area contributed by atoms with Gasteiger partial charge in [0.25, 0.3) is 0 Å². The zero-order chi connectivity index (χ0) is 14.0. The Labute approximate surface area is 109 Å². The number of hydrogen-bond acceptors (Lipinski definition) is 8. The molecule has 0 saturated carbocycles. The first-order valence-electron chi connectivity index (χ1n) is 5.06. The molecule has 19 heavy (non-hydrogen) atoms. The van der Waals surface area contributed by atoms with E-state index in [-0.39, 0.29) is 16.5 Å². The van der Waals surface area contributed by atoms with Crippen molar-refractivity contribution in [3.8, 4) is 11.5 Å². The van der Waals surface area contributed by atoms with E-state index in [1.165, 1.54) is 32.4 Å². The van der Waals surface area contributed by atoms with Crippen LogP contribution < -0.4 is 15.2 Å². The van der Waals surface area contributed by atoms with Crippen molar-refractivity contribution in [3.63, 3.8) is 0 Å². The van der Waals surface area contributed by atoms with Gasteiger partial charge in [0, 0.05) is 6.07 Å². The van der Waals surface area contributed by atoms with Crippen LogP contribution in [0.2, 0.25) is 0 Å². The third kappa shape index (κ3) is 2.19. The zero-order valence-corrected chi connectivity index (χ0v) is 11.0. The molecule has 0 atom stereocenters. The first kappa shape index (κ1) is 13.1. The summed E-state index contributed by atoms with van der Waals surface area (Å²) in [5, 5.41) is 6.10. The van der Waals surface area contributed by atoms with Crippen LogP contribution in [0.1, 0.15) is 0 Å². The topological polar surface area (TPSA) is 118 Å². The first-order chi connectivity index (χ1) is 9.00. The van der Waals surface area contributed by atoms with E-state index in [0.717, 1.165) is 0 Å². The van der Waals surface area contributed by atoms with Crippen LogP contribution in [-0.4, -0.2) is 33.0 Å². The molecule has 0 spiro atoms. The van der Waals surface area contributed by atoms with Crippen molar-refractivity contribution >= 4 is 15.7 Å². The van der Waals surface area contributed by atoms with E-state index in [4.69, 9.17) is 15.2 Å². The van der Waals surface area contributed by atoms with Gasteiger partial charge < -0.3 is 15.2 Å². The minimum absolute atomic E-state index is 0.0486. The van der Waals surface area contributed by atoms with E-state index in [1.54, 1.807) is 0 Å². The van der Waals surface area contributed by atoms with Crippen molar-refractivity contribution in [2.24, 2.45) is 0 Å². The van der Waals surface area contributed by atoms with Crippen LogP contribution >= 0.6 is 0 Å². The van der Waals surface area contributed by atoms with Crippen LogP contribution in [0.15, 0.2) is 32.7 Å². The van der Waals surface area contributed by atoms with Gasteiger partial charge in [-0.1, -0.05) is 0 Å². The highest BCUT2D eigenvalue weighted by Gasteiger charge is 2.26. The summed E-state index contributed by atoms with van der Waals surface area (Å²) >= 11 is 0. The number of benzene rings is 1. The summed E-state index contributed by atoms with van der Waals surface area (Å²) in [6.07, 6.45) is 0. The predicted molar refractivity (Wildman–Crippen MR) is 63.7 cm³/mol. The lowest BCUT2D eigenvalue weighted by Crippen LogP contribution is -2.06. The second kappa shape index (κ2) is 4.76. The third-order valence-electron chi connectivity index (χ3n) is 2.40. The van der Waals surface area contributed by atoms with Crippen LogP contribution in [0, 0.1) is 0 Å². The highest BCUT2D eigenvalue weighted by atomic mass is 32.2. The van der Waals surface area contributed by atoms with Crippen LogP contribution in [-0.2, 0) is 9.84 Å². The molecule has 0 aliphatic rings. The van der Waals surface area contributed by atoms with Gasteiger partial charge in [-0.3, -0.25) is 0 Å². The maximum Gasteiger partial charge on any atom is 0.247 e. The highest BCUT2D eigenvalue weighted by Crippen LogP contribution is 2.32. The number of ether oxygens (including phenoxy) is 2. The number of aromatic nitrogens is 2. The molecule has 1 aromatic carbocycles.